The van der Waals surface area contributed by atoms with Crippen LogP contribution in [0.5, 0.6) is 5.75 Å². The highest BCUT2D eigenvalue weighted by molar-refractivity contribution is 14.0. The molecule has 0 amide bonds. The first-order valence-electron chi connectivity index (χ1n) is 13.3. The normalized spacial score (nSPS) is 16.7. The zero-order valence-corrected chi connectivity index (χ0v) is 27.6. The predicted octanol–water partition coefficient (Wildman–Crippen LogP) is 5.23. The van der Waals surface area contributed by atoms with Crippen molar-refractivity contribution >= 4 is 47.9 Å². The van der Waals surface area contributed by atoms with Gasteiger partial charge in [-0.05, 0) is 41.7 Å². The SMILES string of the molecule is CC(=O)O.CC(=O)O.CCc1ccc(Cc2cc([C@H]3C[C@@H](OC(C)=O)C[C@@H](COC(C)=O)O3)c(OC)cc2C#N)cc1.I. The zero-order valence-electron chi connectivity index (χ0n) is 25.2. The molecule has 2 aromatic carbocycles. The number of carbonyl (C=O) groups is 4. The molecule has 0 aliphatic carbocycles. The van der Waals surface area contributed by atoms with Gasteiger partial charge in [0.2, 0.25) is 0 Å². The molecule has 2 N–H and O–H groups in total. The van der Waals surface area contributed by atoms with E-state index in [-0.39, 0.29) is 42.7 Å². The van der Waals surface area contributed by atoms with E-state index >= 15 is 0 Å². The minimum absolute atomic E-state index is 0. The van der Waals surface area contributed by atoms with E-state index in [0.29, 0.717) is 30.6 Å². The molecule has 236 valence electrons. The first kappa shape index (κ1) is 39.3. The van der Waals surface area contributed by atoms with Crippen LogP contribution in [0.1, 0.15) is 81.4 Å². The summed E-state index contributed by atoms with van der Waals surface area (Å²) in [7, 11) is 1.55. The number of carbonyl (C=O) groups excluding carboxylic acids is 2. The maximum Gasteiger partial charge on any atom is 0.302 e. The summed E-state index contributed by atoms with van der Waals surface area (Å²) in [5.41, 5.74) is 4.51. The Bertz CT molecular complexity index is 1240. The minimum atomic E-state index is -0.833. The van der Waals surface area contributed by atoms with Crippen molar-refractivity contribution < 1.29 is 48.3 Å². The van der Waals surface area contributed by atoms with Crippen LogP contribution >= 0.6 is 24.0 Å². The molecule has 0 saturated carbocycles. The van der Waals surface area contributed by atoms with Gasteiger partial charge in [0.15, 0.2) is 0 Å². The lowest BCUT2D eigenvalue weighted by molar-refractivity contribution is -0.169. The second kappa shape index (κ2) is 20.2. The summed E-state index contributed by atoms with van der Waals surface area (Å²) in [6.07, 6.45) is 1.14. The Hall–Kier alpha value is -3.70. The molecule has 1 saturated heterocycles. The van der Waals surface area contributed by atoms with Gasteiger partial charge in [0.05, 0.1) is 31.0 Å². The van der Waals surface area contributed by atoms with Crippen LogP contribution in [0.3, 0.4) is 0 Å². The van der Waals surface area contributed by atoms with E-state index in [1.54, 1.807) is 13.2 Å². The van der Waals surface area contributed by atoms with Crippen molar-refractivity contribution in [3.63, 3.8) is 0 Å². The zero-order chi connectivity index (χ0) is 31.8. The van der Waals surface area contributed by atoms with Gasteiger partial charge in [-0.3, -0.25) is 19.2 Å². The molecule has 1 heterocycles. The van der Waals surface area contributed by atoms with Gasteiger partial charge in [-0.15, -0.1) is 24.0 Å². The summed E-state index contributed by atoms with van der Waals surface area (Å²) >= 11 is 0. The highest BCUT2D eigenvalue weighted by atomic mass is 127. The molecule has 1 aliphatic heterocycles. The Kier molecular flexibility index (Phi) is 18.5. The van der Waals surface area contributed by atoms with Crippen LogP contribution in [0.2, 0.25) is 0 Å². The lowest BCUT2D eigenvalue weighted by Crippen LogP contribution is -2.37. The highest BCUT2D eigenvalue weighted by Crippen LogP contribution is 2.39. The molecule has 1 aliphatic rings. The summed E-state index contributed by atoms with van der Waals surface area (Å²) in [5, 5.41) is 24.6. The number of carboxylic acids is 2. The number of methoxy groups -OCH3 is 1. The molecule has 3 rings (SSSR count). The third-order valence-corrected chi connectivity index (χ3v) is 5.91. The molecule has 0 spiro atoms. The van der Waals surface area contributed by atoms with Gasteiger partial charge >= 0.3 is 11.9 Å². The summed E-state index contributed by atoms with van der Waals surface area (Å²) in [6.45, 7) is 7.06. The quantitative estimate of drug-likeness (QED) is 0.271. The van der Waals surface area contributed by atoms with Crippen LogP contribution in [-0.4, -0.2) is 60.0 Å². The first-order chi connectivity index (χ1) is 19.8. The van der Waals surface area contributed by atoms with Crippen LogP contribution in [0.25, 0.3) is 0 Å². The van der Waals surface area contributed by atoms with Crippen LogP contribution in [0.15, 0.2) is 36.4 Å². The minimum Gasteiger partial charge on any atom is -0.496 e. The Morgan fingerprint density at radius 1 is 0.953 bits per heavy atom. The Balaban J connectivity index is 0.00000174. The van der Waals surface area contributed by atoms with Gasteiger partial charge in [0.1, 0.15) is 18.5 Å². The number of rotatable bonds is 8. The Labute approximate surface area is 269 Å². The number of carboxylic acid groups (broad SMARTS) is 2. The summed E-state index contributed by atoms with van der Waals surface area (Å²) in [5.74, 6) is -1.91. The second-order valence-corrected chi connectivity index (χ2v) is 9.50. The fraction of sp³-hybridized carbons (Fsp3) is 0.452. The van der Waals surface area contributed by atoms with Gasteiger partial charge in [0, 0.05) is 46.1 Å². The summed E-state index contributed by atoms with van der Waals surface area (Å²) in [6, 6.07) is 14.3. The van der Waals surface area contributed by atoms with E-state index in [1.165, 1.54) is 19.4 Å². The van der Waals surface area contributed by atoms with Crippen molar-refractivity contribution in [2.75, 3.05) is 13.7 Å². The van der Waals surface area contributed by atoms with Crippen molar-refractivity contribution in [3.8, 4) is 11.8 Å². The van der Waals surface area contributed by atoms with E-state index in [9.17, 15) is 14.9 Å². The number of hydrogen-bond donors (Lipinski definition) is 2. The number of halogens is 1. The number of aryl methyl sites for hydroxylation is 1. The van der Waals surface area contributed by atoms with Crippen LogP contribution < -0.4 is 4.74 Å². The molecule has 12 heteroatoms. The molecule has 11 nitrogen and oxygen atoms in total. The third-order valence-electron chi connectivity index (χ3n) is 5.91. The van der Waals surface area contributed by atoms with Gasteiger partial charge in [0.25, 0.3) is 11.9 Å². The molecule has 1 fully saturated rings. The van der Waals surface area contributed by atoms with Crippen molar-refractivity contribution in [1.29, 1.82) is 5.26 Å². The van der Waals surface area contributed by atoms with Crippen molar-refractivity contribution in [1.82, 2.24) is 0 Å². The van der Waals surface area contributed by atoms with Crippen LogP contribution in [-0.2, 0) is 46.2 Å². The number of nitrogens with zero attached hydrogens (tertiary/aromatic N) is 1. The maximum atomic E-state index is 11.6. The van der Waals surface area contributed by atoms with E-state index in [2.05, 4.69) is 37.3 Å². The highest BCUT2D eigenvalue weighted by Gasteiger charge is 2.34. The van der Waals surface area contributed by atoms with Crippen molar-refractivity contribution in [2.24, 2.45) is 0 Å². The van der Waals surface area contributed by atoms with Gasteiger partial charge < -0.3 is 29.2 Å². The Morgan fingerprint density at radius 3 is 1.98 bits per heavy atom. The first-order valence-corrected chi connectivity index (χ1v) is 13.3. The Morgan fingerprint density at radius 2 is 1.51 bits per heavy atom. The maximum absolute atomic E-state index is 11.6. The number of benzene rings is 2. The smallest absolute Gasteiger partial charge is 0.302 e. The molecule has 0 unspecified atom stereocenters. The number of hydrogen-bond acceptors (Lipinski definition) is 9. The average Bonchev–Trinajstić information content (AvgIpc) is 2.91. The standard InChI is InChI=1S/C27H31NO6.2C2H4O2.HI/c1-5-19-6-8-20(9-7-19)10-21-11-25(26(31-4)12-22(21)15-28)27-14-23(33-18(3)30)13-24(34-27)16-32-17(2)29;2*1-2(3)4;/h6-9,11-12,23-24,27H,5,10,13-14,16H2,1-4H3;2*1H3,(H,3,4);1H/t23-,24-,27+;;;/m0.../s1. The number of ether oxygens (including phenoxy) is 4. The molecular formula is C31H40INO10. The van der Waals surface area contributed by atoms with E-state index in [1.807, 2.05) is 6.07 Å². The molecule has 2 aromatic rings. The molecule has 43 heavy (non-hydrogen) atoms. The fourth-order valence-electron chi connectivity index (χ4n) is 4.26. The molecule has 0 radical (unpaired) electrons. The molecular weight excluding hydrogens is 673 g/mol. The number of aliphatic carboxylic acids is 2. The van der Waals surface area contributed by atoms with Gasteiger partial charge in [-0.2, -0.15) is 5.26 Å². The van der Waals surface area contributed by atoms with Crippen LogP contribution in [0.4, 0.5) is 0 Å². The molecule has 0 aromatic heterocycles. The summed E-state index contributed by atoms with van der Waals surface area (Å²) < 4.78 is 22.5. The van der Waals surface area contributed by atoms with Gasteiger partial charge in [-0.25, -0.2) is 0 Å². The summed E-state index contributed by atoms with van der Waals surface area (Å²) in [4.78, 5) is 40.9. The molecule has 3 atom stereocenters. The van der Waals surface area contributed by atoms with Crippen LogP contribution in [0, 0.1) is 11.3 Å². The number of nitriles is 1. The van der Waals surface area contributed by atoms with Crippen molar-refractivity contribution in [3.05, 3.63) is 64.2 Å². The largest absolute Gasteiger partial charge is 0.496 e. The van der Waals surface area contributed by atoms with E-state index < -0.39 is 30.1 Å². The van der Waals surface area contributed by atoms with E-state index in [0.717, 1.165) is 37.0 Å². The predicted molar refractivity (Wildman–Crippen MR) is 167 cm³/mol. The fourth-order valence-corrected chi connectivity index (χ4v) is 4.26. The number of esters is 2. The van der Waals surface area contributed by atoms with E-state index in [4.69, 9.17) is 38.7 Å². The average molecular weight is 714 g/mol. The van der Waals surface area contributed by atoms with Crippen molar-refractivity contribution in [2.45, 2.75) is 78.6 Å². The lowest BCUT2D eigenvalue weighted by Gasteiger charge is -2.35. The monoisotopic (exact) mass is 713 g/mol. The topological polar surface area (TPSA) is 169 Å². The third kappa shape index (κ3) is 15.4. The second-order valence-electron chi connectivity index (χ2n) is 9.50. The molecule has 0 bridgehead atoms. The lowest BCUT2D eigenvalue weighted by atomic mass is 9.91. The van der Waals surface area contributed by atoms with Gasteiger partial charge in [-0.1, -0.05) is 31.2 Å².